The molecule has 0 saturated carbocycles. The van der Waals surface area contributed by atoms with Gasteiger partial charge >= 0.3 is 6.09 Å². The molecule has 2 heterocycles. The maximum atomic E-state index is 12.4. The third kappa shape index (κ3) is 4.29. The molecule has 1 aliphatic rings. The van der Waals surface area contributed by atoms with Crippen LogP contribution < -0.4 is 4.74 Å². The lowest BCUT2D eigenvalue weighted by Gasteiger charge is -2.40. The van der Waals surface area contributed by atoms with Gasteiger partial charge in [0.15, 0.2) is 0 Å². The fourth-order valence-electron chi connectivity index (χ4n) is 1.97. The lowest BCUT2D eigenvalue weighted by Crippen LogP contribution is -2.55. The molecule has 122 valence electrons. The highest BCUT2D eigenvalue weighted by Gasteiger charge is 2.35. The topological polar surface area (TPSA) is 51.7 Å². The smallest absolute Gasteiger partial charge is 0.410 e. The fraction of sp³-hybridized carbons (Fsp3) is 0.600. The summed E-state index contributed by atoms with van der Waals surface area (Å²) >= 11 is 0. The van der Waals surface area contributed by atoms with Crippen LogP contribution >= 0.6 is 0 Å². The number of hydrogen-bond donors (Lipinski definition) is 0. The second-order valence-corrected chi connectivity index (χ2v) is 6.15. The van der Waals surface area contributed by atoms with Crippen molar-refractivity contribution in [2.24, 2.45) is 0 Å². The van der Waals surface area contributed by atoms with Gasteiger partial charge in [-0.2, -0.15) is 0 Å². The van der Waals surface area contributed by atoms with Crippen molar-refractivity contribution in [1.29, 1.82) is 0 Å². The number of hydrogen-bond acceptors (Lipinski definition) is 4. The molecule has 1 fully saturated rings. The van der Waals surface area contributed by atoms with Crippen molar-refractivity contribution in [3.63, 3.8) is 0 Å². The Kier molecular flexibility index (Phi) is 4.83. The van der Waals surface area contributed by atoms with Gasteiger partial charge in [-0.1, -0.05) is 0 Å². The molecule has 0 aliphatic carbocycles. The number of ether oxygens (including phenoxy) is 2. The van der Waals surface area contributed by atoms with E-state index < -0.39 is 12.0 Å². The first-order chi connectivity index (χ1) is 10.3. The van der Waals surface area contributed by atoms with Gasteiger partial charge in [-0.25, -0.2) is 13.6 Å². The number of aromatic nitrogens is 1. The van der Waals surface area contributed by atoms with E-state index in [1.807, 2.05) is 20.8 Å². The van der Waals surface area contributed by atoms with E-state index in [-0.39, 0.29) is 24.4 Å². The molecule has 1 aromatic rings. The summed E-state index contributed by atoms with van der Waals surface area (Å²) in [6.07, 6.45) is -0.874. The maximum Gasteiger partial charge on any atom is 0.410 e. The molecular weight excluding hydrogens is 294 g/mol. The number of alkyl halides is 2. The Bertz CT molecular complexity index is 515. The molecule has 1 aromatic heterocycles. The van der Waals surface area contributed by atoms with Gasteiger partial charge in [0, 0.05) is 6.54 Å². The Hall–Kier alpha value is -1.92. The van der Waals surface area contributed by atoms with E-state index in [0.717, 1.165) is 6.42 Å². The van der Waals surface area contributed by atoms with Crippen LogP contribution in [-0.2, 0) is 4.74 Å². The SMILES string of the molecule is CC(C)(C)OC(=O)N1CCC1COc1ccc(C(F)F)nc1. The summed E-state index contributed by atoms with van der Waals surface area (Å²) < 4.78 is 35.6. The minimum atomic E-state index is -2.59. The standard InChI is InChI=1S/C15H20F2N2O3/c1-15(2,3)22-14(20)19-7-6-10(19)9-21-11-4-5-12(13(16)17)18-8-11/h4-5,8,10,13H,6-7,9H2,1-3H3. The highest BCUT2D eigenvalue weighted by molar-refractivity contribution is 5.69. The van der Waals surface area contributed by atoms with Gasteiger partial charge < -0.3 is 14.4 Å². The molecule has 1 saturated heterocycles. The molecule has 1 aliphatic heterocycles. The summed E-state index contributed by atoms with van der Waals surface area (Å²) in [5.41, 5.74) is -0.820. The average molecular weight is 314 g/mol. The van der Waals surface area contributed by atoms with Gasteiger partial charge in [0.25, 0.3) is 6.43 Å². The van der Waals surface area contributed by atoms with Gasteiger partial charge in [0.05, 0.1) is 12.2 Å². The van der Waals surface area contributed by atoms with Crippen molar-refractivity contribution in [2.75, 3.05) is 13.2 Å². The Morgan fingerprint density at radius 3 is 2.64 bits per heavy atom. The first kappa shape index (κ1) is 16.5. The van der Waals surface area contributed by atoms with Crippen LogP contribution in [0, 0.1) is 0 Å². The number of carbonyl (C=O) groups is 1. The maximum absolute atomic E-state index is 12.4. The zero-order chi connectivity index (χ0) is 16.3. The molecule has 22 heavy (non-hydrogen) atoms. The monoisotopic (exact) mass is 314 g/mol. The summed E-state index contributed by atoms with van der Waals surface area (Å²) in [6, 6.07) is 2.61. The molecular formula is C15H20F2N2O3. The third-order valence-corrected chi connectivity index (χ3v) is 3.20. The predicted molar refractivity (Wildman–Crippen MR) is 76.0 cm³/mol. The van der Waals surface area contributed by atoms with Crippen LogP contribution in [0.2, 0.25) is 0 Å². The van der Waals surface area contributed by atoms with Crippen molar-refractivity contribution < 1.29 is 23.0 Å². The fourth-order valence-corrected chi connectivity index (χ4v) is 1.97. The van der Waals surface area contributed by atoms with E-state index in [1.54, 1.807) is 4.90 Å². The lowest BCUT2D eigenvalue weighted by atomic mass is 10.1. The number of halogens is 2. The van der Waals surface area contributed by atoms with Gasteiger partial charge in [-0.05, 0) is 39.3 Å². The summed E-state index contributed by atoms with van der Waals surface area (Å²) in [4.78, 5) is 17.2. The van der Waals surface area contributed by atoms with Crippen LogP contribution in [-0.4, -0.2) is 40.8 Å². The van der Waals surface area contributed by atoms with E-state index >= 15 is 0 Å². The van der Waals surface area contributed by atoms with E-state index in [9.17, 15) is 13.6 Å². The number of nitrogens with zero attached hydrogens (tertiary/aromatic N) is 2. The van der Waals surface area contributed by atoms with Crippen LogP contribution in [0.4, 0.5) is 13.6 Å². The molecule has 2 rings (SSSR count). The first-order valence-corrected chi connectivity index (χ1v) is 7.13. The second kappa shape index (κ2) is 6.46. The second-order valence-electron chi connectivity index (χ2n) is 6.15. The molecule has 0 radical (unpaired) electrons. The first-order valence-electron chi connectivity index (χ1n) is 7.13. The summed E-state index contributed by atoms with van der Waals surface area (Å²) in [7, 11) is 0. The molecule has 1 atom stereocenters. The van der Waals surface area contributed by atoms with Crippen molar-refractivity contribution in [3.05, 3.63) is 24.0 Å². The summed E-state index contributed by atoms with van der Waals surface area (Å²) in [5, 5.41) is 0. The van der Waals surface area contributed by atoms with Crippen molar-refractivity contribution in [2.45, 2.75) is 45.3 Å². The quantitative estimate of drug-likeness (QED) is 0.854. The van der Waals surface area contributed by atoms with Crippen molar-refractivity contribution in [3.8, 4) is 5.75 Å². The van der Waals surface area contributed by atoms with Crippen LogP contribution in [0.3, 0.4) is 0 Å². The normalized spacial score (nSPS) is 18.1. The predicted octanol–water partition coefficient (Wildman–Crippen LogP) is 3.41. The number of likely N-dealkylation sites (tertiary alicyclic amines) is 1. The van der Waals surface area contributed by atoms with Crippen LogP contribution in [0.25, 0.3) is 0 Å². The Balaban J connectivity index is 1.83. The lowest BCUT2D eigenvalue weighted by molar-refractivity contribution is -0.0141. The Labute approximate surface area is 128 Å². The molecule has 0 spiro atoms. The van der Waals surface area contributed by atoms with E-state index in [1.165, 1.54) is 18.3 Å². The van der Waals surface area contributed by atoms with Gasteiger partial charge in [-0.15, -0.1) is 0 Å². The van der Waals surface area contributed by atoms with E-state index in [2.05, 4.69) is 4.98 Å². The van der Waals surface area contributed by atoms with Gasteiger partial charge in [0.1, 0.15) is 23.7 Å². The molecule has 1 unspecified atom stereocenters. The van der Waals surface area contributed by atoms with E-state index in [4.69, 9.17) is 9.47 Å². The molecule has 0 bridgehead atoms. The highest BCUT2D eigenvalue weighted by Crippen LogP contribution is 2.23. The molecule has 1 amide bonds. The minimum absolute atomic E-state index is 0.0652. The van der Waals surface area contributed by atoms with Crippen molar-refractivity contribution in [1.82, 2.24) is 9.88 Å². The number of pyridine rings is 1. The average Bonchev–Trinajstić information content (AvgIpc) is 2.35. The zero-order valence-corrected chi connectivity index (χ0v) is 12.9. The molecule has 7 heteroatoms. The van der Waals surface area contributed by atoms with Gasteiger partial charge in [0.2, 0.25) is 0 Å². The van der Waals surface area contributed by atoms with Crippen molar-refractivity contribution >= 4 is 6.09 Å². The van der Waals surface area contributed by atoms with E-state index in [0.29, 0.717) is 12.3 Å². The number of rotatable bonds is 4. The summed E-state index contributed by atoms with van der Waals surface area (Å²) in [5.74, 6) is 0.403. The zero-order valence-electron chi connectivity index (χ0n) is 12.9. The van der Waals surface area contributed by atoms with Crippen LogP contribution in [0.1, 0.15) is 39.3 Å². The minimum Gasteiger partial charge on any atom is -0.490 e. The van der Waals surface area contributed by atoms with Crippen LogP contribution in [0.15, 0.2) is 18.3 Å². The Morgan fingerprint density at radius 2 is 2.18 bits per heavy atom. The third-order valence-electron chi connectivity index (χ3n) is 3.20. The van der Waals surface area contributed by atoms with Crippen LogP contribution in [0.5, 0.6) is 5.75 Å². The molecule has 0 aromatic carbocycles. The largest absolute Gasteiger partial charge is 0.490 e. The highest BCUT2D eigenvalue weighted by atomic mass is 19.3. The molecule has 5 nitrogen and oxygen atoms in total. The van der Waals surface area contributed by atoms with Gasteiger partial charge in [-0.3, -0.25) is 4.98 Å². The summed E-state index contributed by atoms with van der Waals surface area (Å²) in [6.45, 7) is 6.35. The number of amides is 1. The number of carbonyl (C=O) groups excluding carboxylic acids is 1. The Morgan fingerprint density at radius 1 is 1.45 bits per heavy atom. The molecule has 0 N–H and O–H groups in total.